The highest BCUT2D eigenvalue weighted by Crippen LogP contribution is 2.33. The van der Waals surface area contributed by atoms with Crippen molar-refractivity contribution in [3.05, 3.63) is 64.7 Å². The third-order valence-corrected chi connectivity index (χ3v) is 5.63. The van der Waals surface area contributed by atoms with E-state index in [4.69, 9.17) is 0 Å². The zero-order valence-electron chi connectivity index (χ0n) is 15.0. The molecule has 0 spiro atoms. The van der Waals surface area contributed by atoms with E-state index in [2.05, 4.69) is 22.3 Å². The van der Waals surface area contributed by atoms with Gasteiger partial charge in [0.2, 0.25) is 11.8 Å². The van der Waals surface area contributed by atoms with Gasteiger partial charge in [-0.25, -0.2) is 0 Å². The third kappa shape index (κ3) is 2.43. The molecule has 0 radical (unpaired) electrons. The Bertz CT molecular complexity index is 1040. The SMILES string of the molecule is O=C1CCC(N2C(=O)c3ccc(N4Cc5ccccc5C4)cc3C2=O)C(=O)N1. The molecule has 1 unspecified atom stereocenters. The average Bonchev–Trinajstić information content (AvgIpc) is 3.22. The summed E-state index contributed by atoms with van der Waals surface area (Å²) in [5, 5.41) is 2.21. The van der Waals surface area contributed by atoms with Crippen LogP contribution in [0.15, 0.2) is 42.5 Å². The Hall–Kier alpha value is -3.48. The minimum atomic E-state index is -0.940. The molecule has 0 saturated carbocycles. The Kier molecular flexibility index (Phi) is 3.58. The van der Waals surface area contributed by atoms with Crippen molar-refractivity contribution in [3.8, 4) is 0 Å². The summed E-state index contributed by atoms with van der Waals surface area (Å²) in [6, 6.07) is 12.5. The molecule has 7 nitrogen and oxygen atoms in total. The zero-order valence-corrected chi connectivity index (χ0v) is 15.0. The normalized spacial score (nSPS) is 21.1. The van der Waals surface area contributed by atoms with Crippen LogP contribution in [0.3, 0.4) is 0 Å². The summed E-state index contributed by atoms with van der Waals surface area (Å²) in [5.41, 5.74) is 3.96. The molecule has 140 valence electrons. The number of rotatable bonds is 2. The summed E-state index contributed by atoms with van der Waals surface area (Å²) in [6.07, 6.45) is 0.269. The van der Waals surface area contributed by atoms with E-state index in [1.807, 2.05) is 18.2 Å². The molecule has 2 aromatic rings. The predicted octanol–water partition coefficient (Wildman–Crippen LogP) is 1.61. The molecular weight excluding hydrogens is 358 g/mol. The molecule has 0 aromatic heterocycles. The van der Waals surface area contributed by atoms with E-state index in [0.29, 0.717) is 11.1 Å². The van der Waals surface area contributed by atoms with Crippen LogP contribution in [0.1, 0.15) is 44.7 Å². The lowest BCUT2D eigenvalue weighted by atomic mass is 10.0. The number of nitrogens with zero attached hydrogens (tertiary/aromatic N) is 2. The van der Waals surface area contributed by atoms with Crippen molar-refractivity contribution in [3.63, 3.8) is 0 Å². The number of anilines is 1. The number of carbonyl (C=O) groups excluding carboxylic acids is 4. The first-order valence-electron chi connectivity index (χ1n) is 9.20. The summed E-state index contributed by atoms with van der Waals surface area (Å²) >= 11 is 0. The number of benzene rings is 2. The Balaban J connectivity index is 1.44. The maximum absolute atomic E-state index is 12.9. The summed E-state index contributed by atoms with van der Waals surface area (Å²) in [6.45, 7) is 1.49. The van der Waals surface area contributed by atoms with Crippen LogP contribution in [0, 0.1) is 0 Å². The van der Waals surface area contributed by atoms with Crippen LogP contribution < -0.4 is 10.2 Å². The summed E-state index contributed by atoms with van der Waals surface area (Å²) < 4.78 is 0. The molecular formula is C21H17N3O4. The molecule has 1 N–H and O–H groups in total. The van der Waals surface area contributed by atoms with Gasteiger partial charge in [-0.1, -0.05) is 24.3 Å². The molecule has 3 heterocycles. The van der Waals surface area contributed by atoms with Crippen molar-refractivity contribution in [2.75, 3.05) is 4.90 Å². The molecule has 1 fully saturated rings. The highest BCUT2D eigenvalue weighted by molar-refractivity contribution is 6.23. The first-order chi connectivity index (χ1) is 13.5. The van der Waals surface area contributed by atoms with Gasteiger partial charge in [0.15, 0.2) is 0 Å². The first kappa shape index (κ1) is 16.7. The van der Waals surface area contributed by atoms with Gasteiger partial charge in [0.05, 0.1) is 11.1 Å². The molecule has 4 amide bonds. The highest BCUT2D eigenvalue weighted by Gasteiger charge is 2.44. The quantitative estimate of drug-likeness (QED) is 0.806. The van der Waals surface area contributed by atoms with Crippen LogP contribution in [-0.4, -0.2) is 34.6 Å². The minimum Gasteiger partial charge on any atom is -0.363 e. The van der Waals surface area contributed by atoms with Gasteiger partial charge in [0.25, 0.3) is 11.8 Å². The predicted molar refractivity (Wildman–Crippen MR) is 99.4 cm³/mol. The maximum Gasteiger partial charge on any atom is 0.262 e. The molecule has 0 bridgehead atoms. The number of hydrogen-bond acceptors (Lipinski definition) is 5. The van der Waals surface area contributed by atoms with Gasteiger partial charge >= 0.3 is 0 Å². The summed E-state index contributed by atoms with van der Waals surface area (Å²) in [4.78, 5) is 52.4. The number of piperidine rings is 1. The Morgan fingerprint density at radius 3 is 2.21 bits per heavy atom. The number of hydrogen-bond donors (Lipinski definition) is 1. The average molecular weight is 375 g/mol. The lowest BCUT2D eigenvalue weighted by Crippen LogP contribution is -2.54. The smallest absolute Gasteiger partial charge is 0.262 e. The lowest BCUT2D eigenvalue weighted by Gasteiger charge is -2.27. The van der Waals surface area contributed by atoms with Gasteiger partial charge in [-0.05, 0) is 35.7 Å². The second-order valence-corrected chi connectivity index (χ2v) is 7.30. The molecule has 3 aliphatic rings. The van der Waals surface area contributed by atoms with E-state index >= 15 is 0 Å². The Morgan fingerprint density at radius 1 is 0.857 bits per heavy atom. The topological polar surface area (TPSA) is 86.8 Å². The van der Waals surface area contributed by atoms with Crippen molar-refractivity contribution in [2.45, 2.75) is 32.0 Å². The van der Waals surface area contributed by atoms with Crippen LogP contribution in [0.25, 0.3) is 0 Å². The largest absolute Gasteiger partial charge is 0.363 e. The van der Waals surface area contributed by atoms with Crippen LogP contribution in [0.4, 0.5) is 5.69 Å². The minimum absolute atomic E-state index is 0.112. The number of fused-ring (bicyclic) bond motifs is 2. The van der Waals surface area contributed by atoms with Crippen LogP contribution in [0.2, 0.25) is 0 Å². The molecule has 0 aliphatic carbocycles. The van der Waals surface area contributed by atoms with E-state index in [1.54, 1.807) is 12.1 Å². The van der Waals surface area contributed by atoms with Gasteiger partial charge in [0.1, 0.15) is 6.04 Å². The van der Waals surface area contributed by atoms with Crippen molar-refractivity contribution in [1.82, 2.24) is 10.2 Å². The molecule has 2 aromatic carbocycles. The fourth-order valence-corrected chi connectivity index (χ4v) is 4.17. The van der Waals surface area contributed by atoms with Crippen molar-refractivity contribution >= 4 is 29.3 Å². The fraction of sp³-hybridized carbons (Fsp3) is 0.238. The third-order valence-electron chi connectivity index (χ3n) is 5.63. The zero-order chi connectivity index (χ0) is 19.4. The number of nitrogens with one attached hydrogen (secondary N) is 1. The van der Waals surface area contributed by atoms with Crippen LogP contribution >= 0.6 is 0 Å². The standard InChI is InChI=1S/C21H17N3O4/c25-18-8-7-17(19(26)22-18)24-20(27)15-6-5-14(9-16(15)21(24)28)23-10-12-3-1-2-4-13(12)11-23/h1-6,9,17H,7-8,10-11H2,(H,22,25,26). The van der Waals surface area contributed by atoms with E-state index in [-0.39, 0.29) is 18.7 Å². The van der Waals surface area contributed by atoms with Gasteiger partial charge in [-0.3, -0.25) is 29.4 Å². The fourth-order valence-electron chi connectivity index (χ4n) is 4.17. The van der Waals surface area contributed by atoms with Crippen LogP contribution in [0.5, 0.6) is 0 Å². The van der Waals surface area contributed by atoms with Gasteiger partial charge in [-0.15, -0.1) is 0 Å². The molecule has 28 heavy (non-hydrogen) atoms. The van der Waals surface area contributed by atoms with Crippen molar-refractivity contribution < 1.29 is 19.2 Å². The Labute approximate surface area is 160 Å². The number of carbonyl (C=O) groups is 4. The van der Waals surface area contributed by atoms with Crippen molar-refractivity contribution in [1.29, 1.82) is 0 Å². The van der Waals surface area contributed by atoms with E-state index in [0.717, 1.165) is 23.7 Å². The number of amides is 4. The van der Waals surface area contributed by atoms with E-state index in [1.165, 1.54) is 11.1 Å². The van der Waals surface area contributed by atoms with E-state index < -0.39 is 23.8 Å². The summed E-state index contributed by atoms with van der Waals surface area (Å²) in [7, 11) is 0. The Morgan fingerprint density at radius 2 is 1.54 bits per heavy atom. The van der Waals surface area contributed by atoms with Crippen molar-refractivity contribution in [2.24, 2.45) is 0 Å². The monoisotopic (exact) mass is 375 g/mol. The van der Waals surface area contributed by atoms with E-state index in [9.17, 15) is 19.2 Å². The first-order valence-corrected chi connectivity index (χ1v) is 9.20. The van der Waals surface area contributed by atoms with Gasteiger partial charge in [-0.2, -0.15) is 0 Å². The second-order valence-electron chi connectivity index (χ2n) is 7.30. The molecule has 1 atom stereocenters. The molecule has 7 heteroatoms. The number of imide groups is 2. The highest BCUT2D eigenvalue weighted by atomic mass is 16.2. The molecule has 3 aliphatic heterocycles. The maximum atomic E-state index is 12.9. The second kappa shape index (κ2) is 6.02. The van der Waals surface area contributed by atoms with Gasteiger partial charge < -0.3 is 4.90 Å². The molecule has 1 saturated heterocycles. The van der Waals surface area contributed by atoms with Gasteiger partial charge in [0, 0.05) is 25.2 Å². The summed E-state index contributed by atoms with van der Waals surface area (Å²) in [5.74, 6) is -1.94. The lowest BCUT2D eigenvalue weighted by molar-refractivity contribution is -0.136. The van der Waals surface area contributed by atoms with Crippen LogP contribution in [-0.2, 0) is 22.7 Å². The molecule has 5 rings (SSSR count).